The van der Waals surface area contributed by atoms with Crippen LogP contribution in [-0.4, -0.2) is 32.1 Å². The largest absolute Gasteiger partial charge is 0.290 e. The molecule has 0 N–H and O–H groups in total. The maximum absolute atomic E-state index is 12.4. The number of carbonyl (C=O) groups is 2. The predicted octanol–water partition coefficient (Wildman–Crippen LogP) is 2.28. The zero-order chi connectivity index (χ0) is 17.6. The molecule has 0 fully saturated rings. The summed E-state index contributed by atoms with van der Waals surface area (Å²) >= 11 is 1.19. The Morgan fingerprint density at radius 2 is 1.52 bits per heavy atom. The number of rotatable bonds is 3. The van der Waals surface area contributed by atoms with Gasteiger partial charge in [-0.1, -0.05) is 36.0 Å². The number of imide groups is 1. The Labute approximate surface area is 147 Å². The van der Waals surface area contributed by atoms with Crippen molar-refractivity contribution in [1.29, 1.82) is 0 Å². The summed E-state index contributed by atoms with van der Waals surface area (Å²) in [6, 6.07) is 13.8. The van der Waals surface area contributed by atoms with E-state index in [0.29, 0.717) is 27.2 Å². The van der Waals surface area contributed by atoms with Gasteiger partial charge in [-0.25, -0.2) is 4.98 Å². The van der Waals surface area contributed by atoms with Gasteiger partial charge in [-0.2, -0.15) is 0 Å². The van der Waals surface area contributed by atoms with Crippen LogP contribution >= 0.6 is 11.8 Å². The van der Waals surface area contributed by atoms with E-state index in [4.69, 9.17) is 0 Å². The number of thioether (sulfide) groups is 1. The number of hydrogen-bond donors (Lipinski definition) is 0. The van der Waals surface area contributed by atoms with Crippen LogP contribution < -0.4 is 5.56 Å². The first-order valence-electron chi connectivity index (χ1n) is 7.61. The summed E-state index contributed by atoms with van der Waals surface area (Å²) in [4.78, 5) is 42.9. The summed E-state index contributed by atoms with van der Waals surface area (Å²) in [5.74, 6) is -0.539. The molecule has 4 rings (SSSR count). The molecule has 25 heavy (non-hydrogen) atoms. The molecule has 2 amide bonds. The van der Waals surface area contributed by atoms with Crippen LogP contribution in [0.25, 0.3) is 10.9 Å². The lowest BCUT2D eigenvalue weighted by Crippen LogP contribution is -2.30. The second kappa shape index (κ2) is 5.86. The SMILES string of the molecule is Cn1c(SCN2C(=O)c3ccccc3C2=O)nc2ccccc2c1=O. The summed E-state index contributed by atoms with van der Waals surface area (Å²) in [5, 5.41) is 0.996. The number of benzene rings is 2. The van der Waals surface area contributed by atoms with Crippen LogP contribution in [0, 0.1) is 0 Å². The summed E-state index contributed by atoms with van der Waals surface area (Å²) in [5.41, 5.74) is 1.26. The first-order chi connectivity index (χ1) is 12.1. The number of amides is 2. The van der Waals surface area contributed by atoms with Gasteiger partial charge in [0.1, 0.15) is 0 Å². The molecule has 1 aliphatic rings. The molecule has 2 aromatic carbocycles. The zero-order valence-corrected chi connectivity index (χ0v) is 14.1. The third-order valence-electron chi connectivity index (χ3n) is 4.14. The fourth-order valence-corrected chi connectivity index (χ4v) is 3.72. The number of fused-ring (bicyclic) bond motifs is 2. The van der Waals surface area contributed by atoms with Crippen LogP contribution in [-0.2, 0) is 7.05 Å². The van der Waals surface area contributed by atoms with E-state index in [1.165, 1.54) is 21.2 Å². The lowest BCUT2D eigenvalue weighted by atomic mass is 10.1. The van der Waals surface area contributed by atoms with Gasteiger partial charge in [0.15, 0.2) is 5.16 Å². The molecular weight excluding hydrogens is 338 g/mol. The third-order valence-corrected chi connectivity index (χ3v) is 5.15. The molecule has 0 unspecified atom stereocenters. The van der Waals surface area contributed by atoms with Crippen LogP contribution in [0.15, 0.2) is 58.5 Å². The molecule has 7 heteroatoms. The molecule has 1 aromatic heterocycles. The third kappa shape index (κ3) is 2.44. The van der Waals surface area contributed by atoms with Gasteiger partial charge in [-0.15, -0.1) is 0 Å². The normalized spacial score (nSPS) is 13.6. The number of para-hydroxylation sites is 1. The summed E-state index contributed by atoms with van der Waals surface area (Å²) < 4.78 is 1.44. The van der Waals surface area contributed by atoms with Crippen molar-refractivity contribution < 1.29 is 9.59 Å². The first-order valence-corrected chi connectivity index (χ1v) is 8.60. The molecule has 6 nitrogen and oxygen atoms in total. The van der Waals surface area contributed by atoms with Crippen molar-refractivity contribution in [2.24, 2.45) is 7.05 Å². The summed E-state index contributed by atoms with van der Waals surface area (Å²) in [7, 11) is 1.63. The van der Waals surface area contributed by atoms with Crippen molar-refractivity contribution in [1.82, 2.24) is 14.5 Å². The second-order valence-electron chi connectivity index (χ2n) is 5.63. The van der Waals surface area contributed by atoms with Crippen LogP contribution in [0.5, 0.6) is 0 Å². The quantitative estimate of drug-likeness (QED) is 0.411. The van der Waals surface area contributed by atoms with Gasteiger partial charge in [-0.05, 0) is 24.3 Å². The molecule has 0 atom stereocenters. The van der Waals surface area contributed by atoms with Gasteiger partial charge in [0, 0.05) is 7.05 Å². The molecule has 0 radical (unpaired) electrons. The number of carbonyl (C=O) groups excluding carboxylic acids is 2. The van der Waals surface area contributed by atoms with Crippen LogP contribution in [0.1, 0.15) is 20.7 Å². The Morgan fingerprint density at radius 3 is 2.20 bits per heavy atom. The van der Waals surface area contributed by atoms with E-state index in [1.54, 1.807) is 49.5 Å². The van der Waals surface area contributed by atoms with Crippen molar-refractivity contribution in [3.8, 4) is 0 Å². The second-order valence-corrected chi connectivity index (χ2v) is 6.55. The zero-order valence-electron chi connectivity index (χ0n) is 13.3. The van der Waals surface area contributed by atoms with Gasteiger partial charge in [0.2, 0.25) is 0 Å². The first kappa shape index (κ1) is 15.6. The van der Waals surface area contributed by atoms with Crippen molar-refractivity contribution >= 4 is 34.5 Å². The van der Waals surface area contributed by atoms with Gasteiger partial charge in [-0.3, -0.25) is 23.9 Å². The van der Waals surface area contributed by atoms with Crippen molar-refractivity contribution in [3.05, 3.63) is 70.0 Å². The highest BCUT2D eigenvalue weighted by atomic mass is 32.2. The maximum Gasteiger partial charge on any atom is 0.262 e. The fraction of sp³-hybridized carbons (Fsp3) is 0.111. The molecule has 0 saturated heterocycles. The highest BCUT2D eigenvalue weighted by molar-refractivity contribution is 7.99. The monoisotopic (exact) mass is 351 g/mol. The van der Waals surface area contributed by atoms with Crippen LogP contribution in [0.4, 0.5) is 0 Å². The number of hydrogen-bond acceptors (Lipinski definition) is 5. The standard InChI is InChI=1S/C18H13N3O3S/c1-20-15(22)13-8-4-5-9-14(13)19-18(20)25-10-21-16(23)11-6-2-3-7-12(11)17(21)24/h2-9H,10H2,1H3. The maximum atomic E-state index is 12.4. The molecule has 124 valence electrons. The fourth-order valence-electron chi connectivity index (χ4n) is 2.81. The van der Waals surface area contributed by atoms with Gasteiger partial charge in [0.05, 0.1) is 27.9 Å². The minimum Gasteiger partial charge on any atom is -0.290 e. The lowest BCUT2D eigenvalue weighted by Gasteiger charge is -2.14. The number of aromatic nitrogens is 2. The van der Waals surface area contributed by atoms with E-state index in [1.807, 2.05) is 6.07 Å². The van der Waals surface area contributed by atoms with E-state index in [9.17, 15) is 14.4 Å². The van der Waals surface area contributed by atoms with E-state index < -0.39 is 0 Å². The smallest absolute Gasteiger partial charge is 0.262 e. The molecular formula is C18H13N3O3S. The van der Waals surface area contributed by atoms with E-state index in [-0.39, 0.29) is 23.3 Å². The van der Waals surface area contributed by atoms with Crippen molar-refractivity contribution in [2.45, 2.75) is 5.16 Å². The molecule has 2 heterocycles. The van der Waals surface area contributed by atoms with Crippen molar-refractivity contribution in [2.75, 3.05) is 5.88 Å². The lowest BCUT2D eigenvalue weighted by molar-refractivity contribution is 0.0684. The molecule has 0 aliphatic carbocycles. The predicted molar refractivity (Wildman–Crippen MR) is 94.7 cm³/mol. The van der Waals surface area contributed by atoms with Crippen LogP contribution in [0.3, 0.4) is 0 Å². The highest BCUT2D eigenvalue weighted by Crippen LogP contribution is 2.26. The number of nitrogens with zero attached hydrogens (tertiary/aromatic N) is 3. The van der Waals surface area contributed by atoms with E-state index >= 15 is 0 Å². The Bertz CT molecular complexity index is 1060. The van der Waals surface area contributed by atoms with Gasteiger partial charge < -0.3 is 0 Å². The Balaban J connectivity index is 1.64. The van der Waals surface area contributed by atoms with Gasteiger partial charge >= 0.3 is 0 Å². The van der Waals surface area contributed by atoms with Crippen molar-refractivity contribution in [3.63, 3.8) is 0 Å². The molecule has 0 bridgehead atoms. The highest BCUT2D eigenvalue weighted by Gasteiger charge is 2.35. The van der Waals surface area contributed by atoms with Gasteiger partial charge in [0.25, 0.3) is 17.4 Å². The Hall–Kier alpha value is -2.93. The molecule has 0 saturated carbocycles. The van der Waals surface area contributed by atoms with E-state index in [0.717, 1.165) is 0 Å². The Morgan fingerprint density at radius 1 is 0.920 bits per heavy atom. The summed E-state index contributed by atoms with van der Waals surface area (Å²) in [6.45, 7) is 0. The molecule has 0 spiro atoms. The molecule has 3 aromatic rings. The average Bonchev–Trinajstić information content (AvgIpc) is 2.88. The van der Waals surface area contributed by atoms with Crippen LogP contribution in [0.2, 0.25) is 0 Å². The molecule has 1 aliphatic heterocycles. The minimum absolute atomic E-state index is 0.102. The topological polar surface area (TPSA) is 72.3 Å². The van der Waals surface area contributed by atoms with E-state index in [2.05, 4.69) is 4.98 Å². The summed E-state index contributed by atoms with van der Waals surface area (Å²) in [6.07, 6.45) is 0. The Kier molecular flexibility index (Phi) is 3.65. The minimum atomic E-state index is -0.320. The average molecular weight is 351 g/mol.